The lowest BCUT2D eigenvalue weighted by Crippen LogP contribution is -2.27. The van der Waals surface area contributed by atoms with Crippen molar-refractivity contribution in [3.05, 3.63) is 53.4 Å². The molecule has 1 amide bonds. The molecule has 0 radical (unpaired) electrons. The molecule has 3 heterocycles. The number of rotatable bonds is 6. The summed E-state index contributed by atoms with van der Waals surface area (Å²) >= 11 is 0. The highest BCUT2D eigenvalue weighted by atomic mass is 32.2. The minimum atomic E-state index is -3.86. The van der Waals surface area contributed by atoms with Gasteiger partial charge in [-0.3, -0.25) is 14.6 Å². The molecule has 2 N–H and O–H groups in total. The summed E-state index contributed by atoms with van der Waals surface area (Å²) in [4.78, 5) is 14.6. The van der Waals surface area contributed by atoms with Crippen LogP contribution < -0.4 is 4.72 Å². The van der Waals surface area contributed by atoms with Crippen LogP contribution in [-0.4, -0.2) is 42.5 Å². The average molecular weight is 429 g/mol. The van der Waals surface area contributed by atoms with Crippen LogP contribution in [0.15, 0.2) is 45.8 Å². The molecule has 9 heteroatoms. The monoisotopic (exact) mass is 428 g/mol. The molecule has 30 heavy (non-hydrogen) atoms. The van der Waals surface area contributed by atoms with E-state index >= 15 is 0 Å². The molecule has 0 aliphatic carbocycles. The lowest BCUT2D eigenvalue weighted by Gasteiger charge is -2.14. The molecule has 0 spiro atoms. The van der Waals surface area contributed by atoms with E-state index in [9.17, 15) is 13.2 Å². The summed E-state index contributed by atoms with van der Waals surface area (Å²) in [6, 6.07) is 8.65. The third kappa shape index (κ3) is 3.85. The van der Waals surface area contributed by atoms with Gasteiger partial charge in [-0.15, -0.1) is 0 Å². The largest absolute Gasteiger partial charge is 0.458 e. The van der Waals surface area contributed by atoms with Crippen molar-refractivity contribution >= 4 is 21.6 Å². The Morgan fingerprint density at radius 2 is 1.93 bits per heavy atom. The number of aromatic amines is 1. The number of carbonyl (C=O) groups excluding carboxylic acids is 1. The number of nitrogens with one attached hydrogen (secondary N) is 2. The van der Waals surface area contributed by atoms with Crippen molar-refractivity contribution in [3.8, 4) is 11.5 Å². The molecule has 0 bridgehead atoms. The predicted octanol–water partition coefficient (Wildman–Crippen LogP) is 3.58. The van der Waals surface area contributed by atoms with Gasteiger partial charge in [0.1, 0.15) is 16.3 Å². The van der Waals surface area contributed by atoms with E-state index in [4.69, 9.17) is 4.42 Å². The number of benzene rings is 1. The number of likely N-dealkylation sites (tertiary alicyclic amines) is 1. The Morgan fingerprint density at radius 1 is 1.23 bits per heavy atom. The molecule has 1 aliphatic rings. The lowest BCUT2D eigenvalue weighted by molar-refractivity contribution is 0.0793. The summed E-state index contributed by atoms with van der Waals surface area (Å²) in [7, 11) is -3.86. The van der Waals surface area contributed by atoms with Crippen LogP contribution in [0.25, 0.3) is 11.5 Å². The fraction of sp³-hybridized carbons (Fsp3) is 0.333. The summed E-state index contributed by atoms with van der Waals surface area (Å²) in [6.45, 7) is 5.03. The van der Waals surface area contributed by atoms with Gasteiger partial charge in [0.25, 0.3) is 15.9 Å². The summed E-state index contributed by atoms with van der Waals surface area (Å²) in [5.74, 6) is 0.356. The fourth-order valence-corrected chi connectivity index (χ4v) is 4.84. The van der Waals surface area contributed by atoms with Crippen LogP contribution in [0.3, 0.4) is 0 Å². The van der Waals surface area contributed by atoms with Crippen molar-refractivity contribution < 1.29 is 17.6 Å². The Hall–Kier alpha value is -3.07. The van der Waals surface area contributed by atoms with Crippen LogP contribution in [0.1, 0.15) is 41.4 Å². The van der Waals surface area contributed by atoms with E-state index in [0.29, 0.717) is 30.0 Å². The van der Waals surface area contributed by atoms with E-state index < -0.39 is 10.0 Å². The maximum Gasteiger partial charge on any atom is 0.265 e. The van der Waals surface area contributed by atoms with Crippen molar-refractivity contribution in [3.63, 3.8) is 0 Å². The topological polar surface area (TPSA) is 108 Å². The van der Waals surface area contributed by atoms with E-state index in [-0.39, 0.29) is 22.3 Å². The van der Waals surface area contributed by atoms with Gasteiger partial charge in [-0.05, 0) is 43.9 Å². The van der Waals surface area contributed by atoms with Crippen LogP contribution in [0, 0.1) is 6.92 Å². The molecule has 3 aromatic rings. The molecule has 0 unspecified atom stereocenters. The number of aromatic nitrogens is 2. The third-order valence-corrected chi connectivity index (χ3v) is 6.77. The fourth-order valence-electron chi connectivity index (χ4n) is 3.60. The Labute approximate surface area is 175 Å². The van der Waals surface area contributed by atoms with Crippen molar-refractivity contribution in [2.24, 2.45) is 0 Å². The van der Waals surface area contributed by atoms with Crippen molar-refractivity contribution in [2.45, 2.75) is 38.0 Å². The lowest BCUT2D eigenvalue weighted by atomic mass is 10.2. The number of anilines is 1. The quantitative estimate of drug-likeness (QED) is 0.624. The van der Waals surface area contributed by atoms with E-state index in [1.165, 1.54) is 12.3 Å². The first-order chi connectivity index (χ1) is 14.4. The van der Waals surface area contributed by atoms with Crippen molar-refractivity contribution in [1.29, 1.82) is 0 Å². The Bertz CT molecular complexity index is 1160. The zero-order chi connectivity index (χ0) is 21.3. The standard InChI is InChI=1S/C21H24N4O4S/c1-3-15-6-8-16(9-7-15)24-30(27,28)19-12-18(29-14(19)2)20-17(13-22-23-20)21(26)25-10-4-5-11-25/h6-9,12-13,24H,3-5,10-11H2,1-2H3,(H,22,23). The predicted molar refractivity (Wildman–Crippen MR) is 113 cm³/mol. The van der Waals surface area contributed by atoms with Gasteiger partial charge in [0, 0.05) is 24.8 Å². The van der Waals surface area contributed by atoms with E-state index in [2.05, 4.69) is 14.9 Å². The second-order valence-corrected chi connectivity index (χ2v) is 9.00. The smallest absolute Gasteiger partial charge is 0.265 e. The highest BCUT2D eigenvalue weighted by molar-refractivity contribution is 7.92. The first-order valence-corrected chi connectivity index (χ1v) is 11.4. The van der Waals surface area contributed by atoms with E-state index in [1.54, 1.807) is 24.0 Å². The molecular formula is C21H24N4O4S. The number of amides is 1. The number of aryl methyl sites for hydroxylation is 2. The number of hydrogen-bond donors (Lipinski definition) is 2. The number of furan rings is 1. The molecule has 2 aromatic heterocycles. The molecule has 1 aliphatic heterocycles. The zero-order valence-corrected chi connectivity index (χ0v) is 17.8. The molecular weight excluding hydrogens is 404 g/mol. The second kappa shape index (κ2) is 7.98. The molecule has 8 nitrogen and oxygen atoms in total. The summed E-state index contributed by atoms with van der Waals surface area (Å²) in [5, 5.41) is 6.75. The number of hydrogen-bond acceptors (Lipinski definition) is 5. The summed E-state index contributed by atoms with van der Waals surface area (Å²) in [6.07, 6.45) is 4.29. The van der Waals surface area contributed by atoms with Crippen LogP contribution in [0.2, 0.25) is 0 Å². The van der Waals surface area contributed by atoms with Gasteiger partial charge < -0.3 is 9.32 Å². The van der Waals surface area contributed by atoms with Crippen LogP contribution in [-0.2, 0) is 16.4 Å². The normalized spacial score (nSPS) is 14.3. The Kier molecular flexibility index (Phi) is 5.38. The molecule has 1 saturated heterocycles. The van der Waals surface area contributed by atoms with E-state index in [1.807, 2.05) is 19.1 Å². The van der Waals surface area contributed by atoms with Gasteiger partial charge in [0.05, 0.1) is 11.8 Å². The number of carbonyl (C=O) groups is 1. The van der Waals surface area contributed by atoms with Gasteiger partial charge in [0.15, 0.2) is 5.76 Å². The minimum absolute atomic E-state index is 0.0197. The Balaban J connectivity index is 1.62. The van der Waals surface area contributed by atoms with Crippen LogP contribution >= 0.6 is 0 Å². The molecule has 1 aromatic carbocycles. The third-order valence-electron chi connectivity index (χ3n) is 5.29. The highest BCUT2D eigenvalue weighted by Gasteiger charge is 2.28. The first-order valence-electron chi connectivity index (χ1n) is 9.94. The van der Waals surface area contributed by atoms with Gasteiger partial charge in [-0.2, -0.15) is 5.10 Å². The molecule has 0 saturated carbocycles. The van der Waals surface area contributed by atoms with Crippen LogP contribution in [0.5, 0.6) is 0 Å². The molecule has 1 fully saturated rings. The maximum absolute atomic E-state index is 12.9. The van der Waals surface area contributed by atoms with Crippen LogP contribution in [0.4, 0.5) is 5.69 Å². The first kappa shape index (κ1) is 20.2. The molecule has 0 atom stereocenters. The molecule has 158 valence electrons. The van der Waals surface area contributed by atoms with E-state index in [0.717, 1.165) is 24.8 Å². The maximum atomic E-state index is 12.9. The van der Waals surface area contributed by atoms with Gasteiger partial charge in [0.2, 0.25) is 0 Å². The number of sulfonamides is 1. The Morgan fingerprint density at radius 3 is 2.60 bits per heavy atom. The number of nitrogens with zero attached hydrogens (tertiary/aromatic N) is 2. The van der Waals surface area contributed by atoms with Crippen molar-refractivity contribution in [1.82, 2.24) is 15.1 Å². The SMILES string of the molecule is CCc1ccc(NS(=O)(=O)c2cc(-c3[nH]ncc3C(=O)N3CCCC3)oc2C)cc1. The number of H-pyrrole nitrogens is 1. The summed E-state index contributed by atoms with van der Waals surface area (Å²) in [5.41, 5.74) is 2.34. The van der Waals surface area contributed by atoms with Gasteiger partial charge >= 0.3 is 0 Å². The highest BCUT2D eigenvalue weighted by Crippen LogP contribution is 2.31. The van der Waals surface area contributed by atoms with Gasteiger partial charge in [-0.1, -0.05) is 19.1 Å². The minimum Gasteiger partial charge on any atom is -0.458 e. The zero-order valence-electron chi connectivity index (χ0n) is 16.9. The van der Waals surface area contributed by atoms with Gasteiger partial charge in [-0.25, -0.2) is 8.42 Å². The van der Waals surface area contributed by atoms with Crippen molar-refractivity contribution in [2.75, 3.05) is 17.8 Å². The molecule has 4 rings (SSSR count). The average Bonchev–Trinajstić information content (AvgIpc) is 3.48. The summed E-state index contributed by atoms with van der Waals surface area (Å²) < 4.78 is 34.1. The second-order valence-electron chi connectivity index (χ2n) is 7.35.